The molecule has 2 rings (SSSR count). The molecule has 0 spiro atoms. The van der Waals surface area contributed by atoms with Gasteiger partial charge in [-0.05, 0) is 37.5 Å². The SMILES string of the molecule is CCCCC1(CC)CN(c2cccc(N=C=O)c2C)C1. The van der Waals surface area contributed by atoms with Crippen molar-refractivity contribution in [3.05, 3.63) is 23.8 Å². The molecule has 1 aromatic carbocycles. The number of aliphatic imine (C=N–C) groups is 1. The van der Waals surface area contributed by atoms with Crippen LogP contribution in [0.4, 0.5) is 11.4 Å². The highest BCUT2D eigenvalue weighted by Crippen LogP contribution is 2.43. The van der Waals surface area contributed by atoms with Crippen LogP contribution in [0, 0.1) is 12.3 Å². The van der Waals surface area contributed by atoms with Crippen molar-refractivity contribution < 1.29 is 4.79 Å². The van der Waals surface area contributed by atoms with Crippen LogP contribution in [0.1, 0.15) is 45.1 Å². The fraction of sp³-hybridized carbons (Fsp3) is 0.588. The molecule has 0 radical (unpaired) electrons. The normalized spacial score (nSPS) is 16.4. The van der Waals surface area contributed by atoms with Gasteiger partial charge in [0.15, 0.2) is 0 Å². The summed E-state index contributed by atoms with van der Waals surface area (Å²) in [5.74, 6) is 0. The molecule has 0 aromatic heterocycles. The van der Waals surface area contributed by atoms with Crippen LogP contribution in [0.25, 0.3) is 0 Å². The van der Waals surface area contributed by atoms with E-state index in [4.69, 9.17) is 0 Å². The number of rotatable bonds is 6. The van der Waals surface area contributed by atoms with E-state index in [2.05, 4.69) is 29.8 Å². The molecule has 0 saturated carbocycles. The van der Waals surface area contributed by atoms with Gasteiger partial charge in [-0.1, -0.05) is 32.8 Å². The van der Waals surface area contributed by atoms with Crippen LogP contribution in [-0.4, -0.2) is 19.2 Å². The number of anilines is 1. The third-order valence-corrected chi connectivity index (χ3v) is 4.65. The van der Waals surface area contributed by atoms with E-state index >= 15 is 0 Å². The first kappa shape index (κ1) is 14.8. The second-order valence-electron chi connectivity index (χ2n) is 5.94. The lowest BCUT2D eigenvalue weighted by atomic mass is 9.73. The first-order valence-electron chi connectivity index (χ1n) is 7.58. The Balaban J connectivity index is 2.12. The molecular weight excluding hydrogens is 248 g/mol. The van der Waals surface area contributed by atoms with Gasteiger partial charge in [-0.25, -0.2) is 4.79 Å². The van der Waals surface area contributed by atoms with Gasteiger partial charge < -0.3 is 4.90 Å². The topological polar surface area (TPSA) is 32.7 Å². The molecule has 0 aliphatic carbocycles. The van der Waals surface area contributed by atoms with Crippen LogP contribution in [0.5, 0.6) is 0 Å². The molecule has 0 amide bonds. The fourth-order valence-electron chi connectivity index (χ4n) is 3.17. The molecule has 1 saturated heterocycles. The minimum Gasteiger partial charge on any atom is -0.370 e. The van der Waals surface area contributed by atoms with E-state index in [1.165, 1.54) is 31.4 Å². The first-order chi connectivity index (χ1) is 9.65. The molecule has 3 heteroatoms. The Hall–Kier alpha value is -1.60. The Bertz CT molecular complexity index is 512. The number of hydrogen-bond acceptors (Lipinski definition) is 3. The molecule has 20 heavy (non-hydrogen) atoms. The third kappa shape index (κ3) is 2.78. The van der Waals surface area contributed by atoms with Crippen molar-refractivity contribution in [2.24, 2.45) is 10.4 Å². The van der Waals surface area contributed by atoms with Gasteiger partial charge in [0.1, 0.15) is 0 Å². The van der Waals surface area contributed by atoms with Gasteiger partial charge in [0.05, 0.1) is 5.69 Å². The zero-order valence-corrected chi connectivity index (χ0v) is 12.8. The van der Waals surface area contributed by atoms with Crippen LogP contribution in [0.2, 0.25) is 0 Å². The van der Waals surface area contributed by atoms with Crippen molar-refractivity contribution in [3.63, 3.8) is 0 Å². The Morgan fingerprint density at radius 2 is 2.10 bits per heavy atom. The monoisotopic (exact) mass is 272 g/mol. The summed E-state index contributed by atoms with van der Waals surface area (Å²) in [6.07, 6.45) is 6.79. The second-order valence-corrected chi connectivity index (χ2v) is 5.94. The molecule has 0 bridgehead atoms. The summed E-state index contributed by atoms with van der Waals surface area (Å²) >= 11 is 0. The summed E-state index contributed by atoms with van der Waals surface area (Å²) in [5.41, 5.74) is 3.52. The van der Waals surface area contributed by atoms with Crippen LogP contribution in [-0.2, 0) is 4.79 Å². The van der Waals surface area contributed by atoms with Crippen LogP contribution < -0.4 is 4.90 Å². The first-order valence-corrected chi connectivity index (χ1v) is 7.58. The van der Waals surface area contributed by atoms with Gasteiger partial charge in [0.2, 0.25) is 6.08 Å². The molecule has 3 nitrogen and oxygen atoms in total. The Labute approximate surface area is 121 Å². The minimum atomic E-state index is 0.492. The van der Waals surface area contributed by atoms with Crippen molar-refractivity contribution in [1.82, 2.24) is 0 Å². The smallest absolute Gasteiger partial charge is 0.240 e. The lowest BCUT2D eigenvalue weighted by Gasteiger charge is -2.52. The number of nitrogens with zero attached hydrogens (tertiary/aromatic N) is 2. The van der Waals surface area contributed by atoms with Crippen molar-refractivity contribution >= 4 is 17.5 Å². The maximum absolute atomic E-state index is 10.5. The highest BCUT2D eigenvalue weighted by Gasteiger charge is 2.41. The van der Waals surface area contributed by atoms with E-state index in [-0.39, 0.29) is 0 Å². The quantitative estimate of drug-likeness (QED) is 0.569. The molecule has 0 atom stereocenters. The summed E-state index contributed by atoms with van der Waals surface area (Å²) in [6.45, 7) is 8.83. The Morgan fingerprint density at radius 3 is 2.70 bits per heavy atom. The number of isocyanates is 1. The molecule has 1 aliphatic heterocycles. The lowest BCUT2D eigenvalue weighted by Crippen LogP contribution is -2.56. The number of unbranched alkanes of at least 4 members (excludes halogenated alkanes) is 1. The van der Waals surface area contributed by atoms with Crippen molar-refractivity contribution in [3.8, 4) is 0 Å². The zero-order chi connectivity index (χ0) is 14.6. The van der Waals surface area contributed by atoms with E-state index in [1.807, 2.05) is 19.1 Å². The van der Waals surface area contributed by atoms with Crippen LogP contribution in [0.15, 0.2) is 23.2 Å². The van der Waals surface area contributed by atoms with E-state index in [9.17, 15) is 4.79 Å². The summed E-state index contributed by atoms with van der Waals surface area (Å²) < 4.78 is 0. The molecule has 1 fully saturated rings. The van der Waals surface area contributed by atoms with Gasteiger partial charge in [0.25, 0.3) is 0 Å². The fourth-order valence-corrected chi connectivity index (χ4v) is 3.17. The molecule has 0 N–H and O–H groups in total. The van der Waals surface area contributed by atoms with Gasteiger partial charge in [-0.2, -0.15) is 4.99 Å². The predicted molar refractivity (Wildman–Crippen MR) is 83.4 cm³/mol. The van der Waals surface area contributed by atoms with Crippen LogP contribution >= 0.6 is 0 Å². The van der Waals surface area contributed by atoms with Crippen LogP contribution in [0.3, 0.4) is 0 Å². The third-order valence-electron chi connectivity index (χ3n) is 4.65. The Kier molecular flexibility index (Phi) is 4.61. The van der Waals surface area contributed by atoms with E-state index in [1.54, 1.807) is 6.08 Å². The molecule has 1 aliphatic rings. The Morgan fingerprint density at radius 1 is 1.35 bits per heavy atom. The maximum Gasteiger partial charge on any atom is 0.240 e. The second kappa shape index (κ2) is 6.23. The van der Waals surface area contributed by atoms with Gasteiger partial charge >= 0.3 is 0 Å². The average Bonchev–Trinajstić information content (AvgIpc) is 2.42. The van der Waals surface area contributed by atoms with E-state index in [0.29, 0.717) is 5.41 Å². The highest BCUT2D eigenvalue weighted by atomic mass is 16.1. The molecule has 0 unspecified atom stereocenters. The summed E-state index contributed by atoms with van der Waals surface area (Å²) in [6, 6.07) is 5.96. The molecule has 1 heterocycles. The number of benzene rings is 1. The molecule has 1 aromatic rings. The van der Waals surface area contributed by atoms with Crippen molar-refractivity contribution in [2.75, 3.05) is 18.0 Å². The number of carbonyl (C=O) groups excluding carboxylic acids is 1. The van der Waals surface area contributed by atoms with Crippen molar-refractivity contribution in [1.29, 1.82) is 0 Å². The van der Waals surface area contributed by atoms with E-state index < -0.39 is 0 Å². The lowest BCUT2D eigenvalue weighted by molar-refractivity contribution is 0.180. The van der Waals surface area contributed by atoms with Crippen molar-refractivity contribution in [2.45, 2.75) is 46.5 Å². The number of hydrogen-bond donors (Lipinski definition) is 0. The summed E-state index contributed by atoms with van der Waals surface area (Å²) in [5, 5.41) is 0. The highest BCUT2D eigenvalue weighted by molar-refractivity contribution is 5.67. The maximum atomic E-state index is 10.5. The molecule has 108 valence electrons. The van der Waals surface area contributed by atoms with Gasteiger partial charge in [-0.15, -0.1) is 0 Å². The zero-order valence-electron chi connectivity index (χ0n) is 12.8. The summed E-state index contributed by atoms with van der Waals surface area (Å²) in [4.78, 5) is 16.7. The average molecular weight is 272 g/mol. The van der Waals surface area contributed by atoms with Gasteiger partial charge in [-0.3, -0.25) is 0 Å². The minimum absolute atomic E-state index is 0.492. The summed E-state index contributed by atoms with van der Waals surface area (Å²) in [7, 11) is 0. The standard InChI is InChI=1S/C17H24N2O/c1-4-6-10-17(5-2)11-19(12-17)16-9-7-8-15(14(16)3)18-13-20/h7-9H,4-6,10-12H2,1-3H3. The van der Waals surface area contributed by atoms with E-state index in [0.717, 1.165) is 24.3 Å². The largest absolute Gasteiger partial charge is 0.370 e. The van der Waals surface area contributed by atoms with Gasteiger partial charge in [0, 0.05) is 24.2 Å². The predicted octanol–water partition coefficient (Wildman–Crippen LogP) is 4.37. The molecular formula is C17H24N2O.